The molecule has 0 radical (unpaired) electrons. The number of carbonyl (C=O) groups is 1. The maximum absolute atomic E-state index is 12.3. The van der Waals surface area contributed by atoms with Gasteiger partial charge in [-0.3, -0.25) is 4.79 Å². The van der Waals surface area contributed by atoms with Gasteiger partial charge in [0.05, 0.1) is 5.56 Å². The van der Waals surface area contributed by atoms with Crippen molar-refractivity contribution in [2.24, 2.45) is 5.41 Å². The Kier molecular flexibility index (Phi) is 4.28. The number of aryl methyl sites for hydroxylation is 1. The molecule has 106 valence electrons. The number of nitrogen functional groups attached to an aromatic ring is 1. The molecule has 0 heterocycles. The number of anilines is 1. The van der Waals surface area contributed by atoms with Gasteiger partial charge in [-0.2, -0.15) is 0 Å². The van der Waals surface area contributed by atoms with Gasteiger partial charge in [0.1, 0.15) is 0 Å². The maximum Gasteiger partial charge on any atom is 0.253 e. The van der Waals surface area contributed by atoms with Crippen LogP contribution in [0, 0.1) is 12.3 Å². The van der Waals surface area contributed by atoms with Gasteiger partial charge in [0, 0.05) is 11.2 Å². The van der Waals surface area contributed by atoms with Crippen LogP contribution < -0.4 is 11.1 Å². The lowest BCUT2D eigenvalue weighted by atomic mass is 9.81. The summed E-state index contributed by atoms with van der Waals surface area (Å²) in [5, 5.41) is 3.08. The summed E-state index contributed by atoms with van der Waals surface area (Å²) in [6, 6.07) is 5.52. The number of amides is 1. The first kappa shape index (κ1) is 15.5. The van der Waals surface area contributed by atoms with Crippen molar-refractivity contribution in [3.05, 3.63) is 29.3 Å². The molecule has 1 amide bonds. The van der Waals surface area contributed by atoms with E-state index in [1.54, 1.807) is 6.07 Å². The van der Waals surface area contributed by atoms with Crippen molar-refractivity contribution in [1.29, 1.82) is 0 Å². The van der Waals surface area contributed by atoms with Crippen LogP contribution in [0.5, 0.6) is 0 Å². The Morgan fingerprint density at radius 2 is 1.79 bits per heavy atom. The summed E-state index contributed by atoms with van der Waals surface area (Å²) in [4.78, 5) is 12.3. The molecule has 3 N–H and O–H groups in total. The van der Waals surface area contributed by atoms with E-state index in [2.05, 4.69) is 26.1 Å². The summed E-state index contributed by atoms with van der Waals surface area (Å²) in [5.41, 5.74) is 7.89. The minimum absolute atomic E-state index is 0.101. The zero-order valence-electron chi connectivity index (χ0n) is 12.9. The molecule has 0 saturated carbocycles. The highest BCUT2D eigenvalue weighted by atomic mass is 16.1. The van der Waals surface area contributed by atoms with E-state index in [0.717, 1.165) is 12.0 Å². The third-order valence-electron chi connectivity index (χ3n) is 2.88. The molecule has 0 aliphatic rings. The number of nitrogens with two attached hydrogens (primary N) is 1. The fraction of sp³-hybridized carbons (Fsp3) is 0.562. The molecule has 0 atom stereocenters. The van der Waals surface area contributed by atoms with Gasteiger partial charge in [-0.15, -0.1) is 0 Å². The average molecular weight is 262 g/mol. The van der Waals surface area contributed by atoms with Crippen LogP contribution in [0.25, 0.3) is 0 Å². The molecular formula is C16H26N2O. The first-order valence-electron chi connectivity index (χ1n) is 6.69. The van der Waals surface area contributed by atoms with Crippen LogP contribution in [0.2, 0.25) is 0 Å². The average Bonchev–Trinajstić information content (AvgIpc) is 2.16. The lowest BCUT2D eigenvalue weighted by Gasteiger charge is -2.33. The van der Waals surface area contributed by atoms with Gasteiger partial charge in [0.15, 0.2) is 0 Å². The van der Waals surface area contributed by atoms with Crippen molar-refractivity contribution in [2.75, 3.05) is 5.73 Å². The molecule has 1 aromatic rings. The van der Waals surface area contributed by atoms with Crippen LogP contribution >= 0.6 is 0 Å². The highest BCUT2D eigenvalue weighted by Crippen LogP contribution is 2.27. The van der Waals surface area contributed by atoms with Crippen molar-refractivity contribution >= 4 is 11.6 Å². The molecule has 0 aromatic heterocycles. The van der Waals surface area contributed by atoms with Crippen LogP contribution in [-0.2, 0) is 0 Å². The number of nitrogens with one attached hydrogen (secondary N) is 1. The second-order valence-electron chi connectivity index (χ2n) is 7.17. The highest BCUT2D eigenvalue weighted by Gasteiger charge is 2.27. The lowest BCUT2D eigenvalue weighted by Crippen LogP contribution is -2.46. The molecule has 0 unspecified atom stereocenters. The molecule has 0 fully saturated rings. The zero-order valence-corrected chi connectivity index (χ0v) is 12.9. The molecule has 0 aliphatic heterocycles. The Hall–Kier alpha value is -1.51. The second-order valence-corrected chi connectivity index (χ2v) is 7.17. The Balaban J connectivity index is 2.87. The topological polar surface area (TPSA) is 55.1 Å². The predicted octanol–water partition coefficient (Wildman–Crippen LogP) is 3.52. The maximum atomic E-state index is 12.3. The van der Waals surface area contributed by atoms with E-state index in [9.17, 15) is 4.79 Å². The van der Waals surface area contributed by atoms with Crippen molar-refractivity contribution < 1.29 is 4.79 Å². The van der Waals surface area contributed by atoms with E-state index in [0.29, 0.717) is 11.3 Å². The van der Waals surface area contributed by atoms with Crippen molar-refractivity contribution in [1.82, 2.24) is 5.32 Å². The van der Waals surface area contributed by atoms with Gasteiger partial charge < -0.3 is 11.1 Å². The molecule has 1 aromatic carbocycles. The van der Waals surface area contributed by atoms with Gasteiger partial charge >= 0.3 is 0 Å². The van der Waals surface area contributed by atoms with E-state index in [1.807, 2.05) is 32.9 Å². The van der Waals surface area contributed by atoms with Crippen LogP contribution in [0.4, 0.5) is 5.69 Å². The molecule has 0 saturated heterocycles. The fourth-order valence-corrected chi connectivity index (χ4v) is 2.61. The van der Waals surface area contributed by atoms with E-state index < -0.39 is 0 Å². The van der Waals surface area contributed by atoms with E-state index in [1.165, 1.54) is 0 Å². The standard InChI is InChI=1S/C16H26N2O/c1-11-7-8-13(17)12(9-11)14(19)18-16(5,6)10-15(2,3)4/h7-9H,10,17H2,1-6H3,(H,18,19). The van der Waals surface area contributed by atoms with Crippen LogP contribution in [0.15, 0.2) is 18.2 Å². The van der Waals surface area contributed by atoms with Crippen LogP contribution in [0.1, 0.15) is 57.0 Å². The molecular weight excluding hydrogens is 236 g/mol. The van der Waals surface area contributed by atoms with Crippen LogP contribution in [-0.4, -0.2) is 11.4 Å². The molecule has 0 bridgehead atoms. The summed E-state index contributed by atoms with van der Waals surface area (Å²) >= 11 is 0. The predicted molar refractivity (Wildman–Crippen MR) is 81.2 cm³/mol. The SMILES string of the molecule is Cc1ccc(N)c(C(=O)NC(C)(C)CC(C)(C)C)c1. The van der Waals surface area contributed by atoms with E-state index in [4.69, 9.17) is 5.73 Å². The molecule has 0 spiro atoms. The smallest absolute Gasteiger partial charge is 0.253 e. The van der Waals surface area contributed by atoms with Crippen molar-refractivity contribution in [3.8, 4) is 0 Å². The lowest BCUT2D eigenvalue weighted by molar-refractivity contribution is 0.0892. The van der Waals surface area contributed by atoms with Gasteiger partial charge in [-0.25, -0.2) is 0 Å². The quantitative estimate of drug-likeness (QED) is 0.819. The first-order chi connectivity index (χ1) is 8.50. The first-order valence-corrected chi connectivity index (χ1v) is 6.69. The van der Waals surface area contributed by atoms with Gasteiger partial charge in [0.25, 0.3) is 5.91 Å². The molecule has 3 heteroatoms. The Bertz CT molecular complexity index is 470. The third kappa shape index (κ3) is 4.93. The van der Waals surface area contributed by atoms with E-state index >= 15 is 0 Å². The van der Waals surface area contributed by atoms with Crippen molar-refractivity contribution in [2.45, 2.75) is 53.5 Å². The Morgan fingerprint density at radius 3 is 2.32 bits per heavy atom. The van der Waals surface area contributed by atoms with Crippen molar-refractivity contribution in [3.63, 3.8) is 0 Å². The summed E-state index contributed by atoms with van der Waals surface area (Å²) in [7, 11) is 0. The monoisotopic (exact) mass is 262 g/mol. The summed E-state index contributed by atoms with van der Waals surface area (Å²) < 4.78 is 0. The summed E-state index contributed by atoms with van der Waals surface area (Å²) in [6.45, 7) is 12.5. The zero-order chi connectivity index (χ0) is 14.8. The fourth-order valence-electron chi connectivity index (χ4n) is 2.61. The normalized spacial score (nSPS) is 12.3. The minimum atomic E-state index is -0.258. The molecule has 0 aliphatic carbocycles. The number of rotatable bonds is 3. The minimum Gasteiger partial charge on any atom is -0.398 e. The number of hydrogen-bond acceptors (Lipinski definition) is 2. The molecule has 3 nitrogen and oxygen atoms in total. The van der Waals surface area contributed by atoms with Gasteiger partial charge in [-0.05, 0) is 44.7 Å². The largest absolute Gasteiger partial charge is 0.398 e. The number of hydrogen-bond donors (Lipinski definition) is 2. The highest BCUT2D eigenvalue weighted by molar-refractivity contribution is 5.99. The summed E-state index contributed by atoms with van der Waals surface area (Å²) in [5.74, 6) is -0.101. The second kappa shape index (κ2) is 5.24. The molecule has 1 rings (SSSR count). The van der Waals surface area contributed by atoms with E-state index in [-0.39, 0.29) is 16.9 Å². The Morgan fingerprint density at radius 1 is 1.21 bits per heavy atom. The Labute approximate surface area is 116 Å². The number of carbonyl (C=O) groups excluding carboxylic acids is 1. The van der Waals surface area contributed by atoms with Gasteiger partial charge in [0.2, 0.25) is 0 Å². The van der Waals surface area contributed by atoms with Crippen LogP contribution in [0.3, 0.4) is 0 Å². The summed E-state index contributed by atoms with van der Waals surface area (Å²) in [6.07, 6.45) is 0.900. The third-order valence-corrected chi connectivity index (χ3v) is 2.88. The van der Waals surface area contributed by atoms with Gasteiger partial charge in [-0.1, -0.05) is 32.4 Å². The number of benzene rings is 1. The molecule has 19 heavy (non-hydrogen) atoms.